The lowest BCUT2D eigenvalue weighted by atomic mass is 10.1. The molecule has 4 aromatic carbocycles. The molecule has 0 saturated heterocycles. The summed E-state index contributed by atoms with van der Waals surface area (Å²) >= 11 is 0. The maximum absolute atomic E-state index is 13.3. The number of nitrogens with one attached hydrogen (secondary N) is 2. The van der Waals surface area contributed by atoms with Gasteiger partial charge >= 0.3 is 0 Å². The van der Waals surface area contributed by atoms with E-state index in [0.717, 1.165) is 11.1 Å². The highest BCUT2D eigenvalue weighted by atomic mass is 32.2. The van der Waals surface area contributed by atoms with E-state index in [1.54, 1.807) is 31.2 Å². The van der Waals surface area contributed by atoms with Gasteiger partial charge in [0.05, 0.1) is 17.1 Å². The van der Waals surface area contributed by atoms with Crippen LogP contribution in [0, 0.1) is 0 Å². The molecule has 2 N–H and O–H groups in total. The summed E-state index contributed by atoms with van der Waals surface area (Å²) in [7, 11) is -3.78. The number of carbonyl (C=O) groups excluding carboxylic acids is 2. The molecule has 1 aliphatic heterocycles. The van der Waals surface area contributed by atoms with Crippen molar-refractivity contribution in [1.82, 2.24) is 10.0 Å². The Morgan fingerprint density at radius 1 is 0.907 bits per heavy atom. The molecule has 2 atom stereocenters. The number of fused-ring (bicyclic) bond motifs is 1. The number of rotatable bonds is 11. The van der Waals surface area contributed by atoms with E-state index in [9.17, 15) is 18.0 Å². The SMILES string of the molecule is C[C@H](NS(=O)(=O)c1ccc(OCC(=O)N2C[C@H](C(=O)NCCc3ccccc3)Oc3ccccc32)cc1)c1ccccc1. The van der Waals surface area contributed by atoms with Crippen LogP contribution in [0.25, 0.3) is 0 Å². The van der Waals surface area contributed by atoms with Crippen LogP contribution < -0.4 is 24.4 Å². The van der Waals surface area contributed by atoms with Crippen molar-refractivity contribution in [2.24, 2.45) is 0 Å². The van der Waals surface area contributed by atoms with Gasteiger partial charge < -0.3 is 19.7 Å². The number of carbonyl (C=O) groups is 2. The van der Waals surface area contributed by atoms with Crippen molar-refractivity contribution in [2.45, 2.75) is 30.4 Å². The standard InChI is InChI=1S/C33H33N3O6S/c1-24(26-12-6-3-7-13-26)35-43(39,40)28-18-16-27(17-19-28)41-23-32(37)36-22-31(42-30-15-9-8-14-29(30)36)33(38)34-21-20-25-10-4-2-5-11-25/h2-19,24,31,35H,20-23H2,1H3,(H,34,38)/t24-,31+/m0/s1. The van der Waals surface area contributed by atoms with Crippen LogP contribution in [0.15, 0.2) is 114 Å². The largest absolute Gasteiger partial charge is 0.484 e. The van der Waals surface area contributed by atoms with Gasteiger partial charge in [0.1, 0.15) is 11.5 Å². The molecule has 0 aromatic heterocycles. The number of para-hydroxylation sites is 2. The molecular weight excluding hydrogens is 566 g/mol. The van der Waals surface area contributed by atoms with Crippen LogP contribution in [-0.4, -0.2) is 46.0 Å². The van der Waals surface area contributed by atoms with Gasteiger partial charge in [0.15, 0.2) is 12.7 Å². The minimum atomic E-state index is -3.78. The molecule has 2 amide bonds. The Morgan fingerprint density at radius 3 is 2.28 bits per heavy atom. The normalized spacial score (nSPS) is 15.1. The van der Waals surface area contributed by atoms with Crippen LogP contribution in [0.2, 0.25) is 0 Å². The molecule has 0 saturated carbocycles. The first-order valence-corrected chi connectivity index (χ1v) is 15.5. The van der Waals surface area contributed by atoms with Gasteiger partial charge in [0.25, 0.3) is 11.8 Å². The zero-order valence-electron chi connectivity index (χ0n) is 23.7. The van der Waals surface area contributed by atoms with E-state index in [-0.39, 0.29) is 29.9 Å². The molecule has 1 heterocycles. The van der Waals surface area contributed by atoms with E-state index >= 15 is 0 Å². The molecule has 5 rings (SSSR count). The average Bonchev–Trinajstić information content (AvgIpc) is 3.04. The fourth-order valence-electron chi connectivity index (χ4n) is 4.74. The second-order valence-corrected chi connectivity index (χ2v) is 11.8. The number of sulfonamides is 1. The van der Waals surface area contributed by atoms with E-state index in [2.05, 4.69) is 10.0 Å². The molecule has 222 valence electrons. The summed E-state index contributed by atoms with van der Waals surface area (Å²) in [5.41, 5.74) is 2.50. The maximum atomic E-state index is 13.3. The van der Waals surface area contributed by atoms with Crippen LogP contribution in [0.4, 0.5) is 5.69 Å². The third kappa shape index (κ3) is 7.59. The molecule has 9 nitrogen and oxygen atoms in total. The van der Waals surface area contributed by atoms with Crippen LogP contribution in [-0.2, 0) is 26.0 Å². The second-order valence-electron chi connectivity index (χ2n) is 10.1. The van der Waals surface area contributed by atoms with Crippen LogP contribution in [0.1, 0.15) is 24.1 Å². The van der Waals surface area contributed by atoms with Gasteiger partial charge in [-0.3, -0.25) is 9.59 Å². The van der Waals surface area contributed by atoms with Gasteiger partial charge in [0, 0.05) is 12.6 Å². The first-order chi connectivity index (χ1) is 20.8. The maximum Gasteiger partial charge on any atom is 0.265 e. The predicted octanol–water partition coefficient (Wildman–Crippen LogP) is 4.26. The van der Waals surface area contributed by atoms with Gasteiger partial charge in [-0.05, 0) is 60.9 Å². The number of hydrogen-bond acceptors (Lipinski definition) is 6. The summed E-state index contributed by atoms with van der Waals surface area (Å²) in [4.78, 5) is 27.8. The Bertz CT molecular complexity index is 1650. The highest BCUT2D eigenvalue weighted by molar-refractivity contribution is 7.89. The molecule has 0 unspecified atom stereocenters. The predicted molar refractivity (Wildman–Crippen MR) is 163 cm³/mol. The molecule has 0 spiro atoms. The molecule has 0 fully saturated rings. The van der Waals surface area contributed by atoms with Crippen LogP contribution >= 0.6 is 0 Å². The molecular formula is C33H33N3O6S. The zero-order valence-corrected chi connectivity index (χ0v) is 24.5. The summed E-state index contributed by atoms with van der Waals surface area (Å²) in [6.07, 6.45) is -0.209. The molecule has 1 aliphatic rings. The monoisotopic (exact) mass is 599 g/mol. The van der Waals surface area contributed by atoms with E-state index in [1.807, 2.05) is 60.7 Å². The Kier molecular flexibility index (Phi) is 9.38. The van der Waals surface area contributed by atoms with Gasteiger partial charge in [0.2, 0.25) is 10.0 Å². The number of hydrogen-bond donors (Lipinski definition) is 2. The highest BCUT2D eigenvalue weighted by Gasteiger charge is 2.33. The van der Waals surface area contributed by atoms with Crippen molar-refractivity contribution in [3.63, 3.8) is 0 Å². The first-order valence-electron chi connectivity index (χ1n) is 14.0. The fourth-order valence-corrected chi connectivity index (χ4v) is 5.98. The van der Waals surface area contributed by atoms with Gasteiger partial charge in [-0.1, -0.05) is 72.8 Å². The van der Waals surface area contributed by atoms with Gasteiger partial charge in [-0.25, -0.2) is 13.1 Å². The summed E-state index contributed by atoms with van der Waals surface area (Å²) in [5.74, 6) is 0.0845. The summed E-state index contributed by atoms with van der Waals surface area (Å²) < 4.78 is 40.1. The van der Waals surface area contributed by atoms with Crippen molar-refractivity contribution in [1.29, 1.82) is 0 Å². The Labute approximate surface area is 251 Å². The molecule has 10 heteroatoms. The third-order valence-corrected chi connectivity index (χ3v) is 8.61. The van der Waals surface area contributed by atoms with Crippen LogP contribution in [0.5, 0.6) is 11.5 Å². The summed E-state index contributed by atoms with van der Waals surface area (Å²) in [5, 5.41) is 2.90. The molecule has 0 bridgehead atoms. The lowest BCUT2D eigenvalue weighted by Gasteiger charge is -2.34. The minimum Gasteiger partial charge on any atom is -0.484 e. The molecule has 0 aliphatic carbocycles. The molecule has 43 heavy (non-hydrogen) atoms. The van der Waals surface area contributed by atoms with Crippen LogP contribution in [0.3, 0.4) is 0 Å². The average molecular weight is 600 g/mol. The van der Waals surface area contributed by atoms with Crippen molar-refractivity contribution in [2.75, 3.05) is 24.6 Å². The van der Waals surface area contributed by atoms with Crippen molar-refractivity contribution >= 4 is 27.5 Å². The smallest absolute Gasteiger partial charge is 0.265 e. The molecule has 0 radical (unpaired) electrons. The quantitative estimate of drug-likeness (QED) is 0.266. The number of nitrogens with zero attached hydrogens (tertiary/aromatic N) is 1. The Morgan fingerprint density at radius 2 is 1.56 bits per heavy atom. The lowest BCUT2D eigenvalue weighted by molar-refractivity contribution is -0.128. The Hall–Kier alpha value is -4.67. The third-order valence-electron chi connectivity index (χ3n) is 7.05. The van der Waals surface area contributed by atoms with Gasteiger partial charge in [-0.2, -0.15) is 0 Å². The summed E-state index contributed by atoms with van der Waals surface area (Å²) in [6.45, 7) is 1.93. The number of benzene rings is 4. The van der Waals surface area contributed by atoms with Crippen molar-refractivity contribution < 1.29 is 27.5 Å². The van der Waals surface area contributed by atoms with Crippen molar-refractivity contribution in [3.05, 3.63) is 120 Å². The van der Waals surface area contributed by atoms with Crippen molar-refractivity contribution in [3.8, 4) is 11.5 Å². The lowest BCUT2D eigenvalue weighted by Crippen LogP contribution is -2.52. The van der Waals surface area contributed by atoms with Gasteiger partial charge in [-0.15, -0.1) is 0 Å². The first kappa shape index (κ1) is 29.8. The zero-order chi connectivity index (χ0) is 30.2. The number of anilines is 1. The number of ether oxygens (including phenoxy) is 2. The Balaban J connectivity index is 1.18. The fraction of sp³-hybridized carbons (Fsp3) is 0.212. The topological polar surface area (TPSA) is 114 Å². The van der Waals surface area contributed by atoms with E-state index < -0.39 is 22.2 Å². The second kappa shape index (κ2) is 13.5. The van der Waals surface area contributed by atoms with E-state index in [1.165, 1.54) is 29.2 Å². The molecule has 4 aromatic rings. The van der Waals surface area contributed by atoms with E-state index in [4.69, 9.17) is 9.47 Å². The van der Waals surface area contributed by atoms with E-state index in [0.29, 0.717) is 30.2 Å². The highest BCUT2D eigenvalue weighted by Crippen LogP contribution is 2.33. The summed E-state index contributed by atoms with van der Waals surface area (Å²) in [6, 6.07) is 31.6. The minimum absolute atomic E-state index is 0.0266. The number of amides is 2.